The van der Waals surface area contributed by atoms with Gasteiger partial charge in [-0.2, -0.15) is 0 Å². The van der Waals surface area contributed by atoms with Crippen LogP contribution in [0.2, 0.25) is 10.0 Å². The minimum Gasteiger partial charge on any atom is -0.323 e. The van der Waals surface area contributed by atoms with Crippen LogP contribution in [0.15, 0.2) is 59.0 Å². The molecule has 0 saturated heterocycles. The first-order valence-electron chi connectivity index (χ1n) is 10.6. The molecule has 5 nitrogen and oxygen atoms in total. The number of hydrogen-bond donors (Lipinski definition) is 1. The Morgan fingerprint density at radius 3 is 2.52 bits per heavy atom. The number of hydrogen-bond acceptors (Lipinski definition) is 4. The van der Waals surface area contributed by atoms with E-state index < -0.39 is 6.04 Å². The topological polar surface area (TPSA) is 64.0 Å². The quantitative estimate of drug-likeness (QED) is 0.306. The first kappa shape index (κ1) is 23.5. The van der Waals surface area contributed by atoms with E-state index in [1.165, 1.54) is 27.8 Å². The molecule has 0 aliphatic carbocycles. The summed E-state index contributed by atoms with van der Waals surface area (Å²) in [5, 5.41) is 6.08. The molecule has 1 unspecified atom stereocenters. The van der Waals surface area contributed by atoms with Crippen LogP contribution in [0.3, 0.4) is 0 Å². The van der Waals surface area contributed by atoms with Crippen LogP contribution in [0.4, 0.5) is 5.69 Å². The third-order valence-corrected chi connectivity index (χ3v) is 7.06. The Morgan fingerprint density at radius 2 is 1.88 bits per heavy atom. The van der Waals surface area contributed by atoms with Gasteiger partial charge in [-0.1, -0.05) is 68.2 Å². The summed E-state index contributed by atoms with van der Waals surface area (Å²) in [5.41, 5.74) is 3.21. The molecule has 0 radical (unpaired) electrons. The molecule has 0 saturated carbocycles. The van der Waals surface area contributed by atoms with Crippen LogP contribution in [0, 0.1) is 0 Å². The molecule has 1 N–H and O–H groups in total. The van der Waals surface area contributed by atoms with Crippen molar-refractivity contribution in [2.75, 3.05) is 5.32 Å². The third-order valence-electron chi connectivity index (χ3n) is 5.62. The zero-order chi connectivity index (χ0) is 23.7. The van der Waals surface area contributed by atoms with Crippen molar-refractivity contribution in [2.45, 2.75) is 39.2 Å². The maximum atomic E-state index is 13.5. The van der Waals surface area contributed by atoms with Gasteiger partial charge in [0.05, 0.1) is 22.4 Å². The molecule has 8 heteroatoms. The van der Waals surface area contributed by atoms with Gasteiger partial charge in [-0.25, -0.2) is 4.98 Å². The van der Waals surface area contributed by atoms with E-state index in [0.29, 0.717) is 38.3 Å². The zero-order valence-corrected chi connectivity index (χ0v) is 20.8. The number of halogens is 2. The highest BCUT2D eigenvalue weighted by Crippen LogP contribution is 2.32. The first-order chi connectivity index (χ1) is 15.8. The van der Waals surface area contributed by atoms with Gasteiger partial charge in [0.25, 0.3) is 5.56 Å². The number of nitrogens with zero attached hydrogens (tertiary/aromatic N) is 2. The second kappa shape index (κ2) is 9.67. The molecule has 4 aromatic rings. The predicted molar refractivity (Wildman–Crippen MR) is 138 cm³/mol. The lowest BCUT2D eigenvalue weighted by Crippen LogP contribution is -2.33. The number of thiophene rings is 1. The molecule has 0 bridgehead atoms. The molecule has 1 amide bonds. The molecule has 4 rings (SSSR count). The number of amides is 1. The Kier molecular flexibility index (Phi) is 6.88. The number of carbonyl (C=O) groups is 1. The number of rotatable bonds is 6. The molecule has 2 aromatic heterocycles. The van der Waals surface area contributed by atoms with E-state index in [-0.39, 0.29) is 11.5 Å². The molecule has 0 fully saturated rings. The van der Waals surface area contributed by atoms with Gasteiger partial charge >= 0.3 is 0 Å². The average Bonchev–Trinajstić information content (AvgIpc) is 3.23. The minimum absolute atomic E-state index is 0.242. The molecular weight excluding hydrogens is 477 g/mol. The largest absolute Gasteiger partial charge is 0.323 e. The van der Waals surface area contributed by atoms with Crippen molar-refractivity contribution in [1.82, 2.24) is 9.55 Å². The van der Waals surface area contributed by atoms with E-state index in [0.717, 1.165) is 11.1 Å². The fraction of sp³-hybridized carbons (Fsp3) is 0.240. The maximum Gasteiger partial charge on any atom is 0.263 e. The number of benzene rings is 2. The Labute approximate surface area is 206 Å². The van der Waals surface area contributed by atoms with Crippen LogP contribution in [0.5, 0.6) is 0 Å². The van der Waals surface area contributed by atoms with Gasteiger partial charge in [0.1, 0.15) is 10.9 Å². The molecule has 33 heavy (non-hydrogen) atoms. The summed E-state index contributed by atoms with van der Waals surface area (Å²) in [7, 11) is 0. The van der Waals surface area contributed by atoms with Gasteiger partial charge in [0, 0.05) is 16.0 Å². The molecular formula is C25H23Cl2N3O2S. The third kappa shape index (κ3) is 4.69. The Balaban J connectivity index is 1.72. The monoisotopic (exact) mass is 499 g/mol. The van der Waals surface area contributed by atoms with E-state index in [9.17, 15) is 9.59 Å². The van der Waals surface area contributed by atoms with Gasteiger partial charge in [-0.3, -0.25) is 14.2 Å². The molecule has 0 aliphatic rings. The van der Waals surface area contributed by atoms with Crippen molar-refractivity contribution in [3.63, 3.8) is 0 Å². The van der Waals surface area contributed by atoms with Crippen LogP contribution >= 0.6 is 34.5 Å². The van der Waals surface area contributed by atoms with Gasteiger partial charge in [-0.15, -0.1) is 11.3 Å². The SMILES string of the molecule is CCC(C(=O)Nc1ccc(Cl)cc1Cl)n1cnc2scc(-c3ccc(C(C)C)cc3)c2c1=O. The fourth-order valence-electron chi connectivity index (χ4n) is 3.74. The van der Waals surface area contributed by atoms with Crippen molar-refractivity contribution in [1.29, 1.82) is 0 Å². The predicted octanol–water partition coefficient (Wildman–Crippen LogP) is 7.15. The van der Waals surface area contributed by atoms with Crippen molar-refractivity contribution >= 4 is 56.3 Å². The molecule has 170 valence electrons. The number of fused-ring (bicyclic) bond motifs is 1. The highest BCUT2D eigenvalue weighted by molar-refractivity contribution is 7.17. The van der Waals surface area contributed by atoms with Crippen LogP contribution in [-0.4, -0.2) is 15.5 Å². The van der Waals surface area contributed by atoms with Crippen LogP contribution in [0.1, 0.15) is 44.7 Å². The maximum absolute atomic E-state index is 13.5. The van der Waals surface area contributed by atoms with Crippen LogP contribution in [-0.2, 0) is 4.79 Å². The highest BCUT2D eigenvalue weighted by Gasteiger charge is 2.23. The van der Waals surface area contributed by atoms with Crippen LogP contribution < -0.4 is 10.9 Å². The molecule has 1 atom stereocenters. The molecule has 0 aliphatic heterocycles. The number of nitrogens with one attached hydrogen (secondary N) is 1. The molecule has 2 aromatic carbocycles. The Hall–Kier alpha value is -2.67. The number of anilines is 1. The summed E-state index contributed by atoms with van der Waals surface area (Å²) >= 11 is 13.6. The van der Waals surface area contributed by atoms with E-state index in [1.807, 2.05) is 24.4 Å². The molecule has 0 spiro atoms. The van der Waals surface area contributed by atoms with Crippen molar-refractivity contribution in [3.05, 3.63) is 80.1 Å². The number of aromatic nitrogens is 2. The zero-order valence-electron chi connectivity index (χ0n) is 18.4. The number of carbonyl (C=O) groups excluding carboxylic acids is 1. The van der Waals surface area contributed by atoms with E-state index in [4.69, 9.17) is 23.2 Å². The molecule has 2 heterocycles. The van der Waals surface area contributed by atoms with Crippen molar-refractivity contribution in [2.24, 2.45) is 0 Å². The second-order valence-corrected chi connectivity index (χ2v) is 9.80. The van der Waals surface area contributed by atoms with E-state index in [2.05, 4.69) is 36.3 Å². The van der Waals surface area contributed by atoms with E-state index >= 15 is 0 Å². The Bertz CT molecular complexity index is 1380. The standard InChI is InChI=1S/C25H23Cl2N3O2S/c1-4-21(23(31)29-20-10-9-17(26)11-19(20)27)30-13-28-24-22(25(30)32)18(12-33-24)16-7-5-15(6-8-16)14(2)3/h5-14,21H,4H2,1-3H3,(H,29,31). The smallest absolute Gasteiger partial charge is 0.263 e. The summed E-state index contributed by atoms with van der Waals surface area (Å²) in [6, 6.07) is 12.3. The summed E-state index contributed by atoms with van der Waals surface area (Å²) in [6.07, 6.45) is 1.86. The average molecular weight is 500 g/mol. The summed E-state index contributed by atoms with van der Waals surface area (Å²) < 4.78 is 1.40. The first-order valence-corrected chi connectivity index (χ1v) is 12.3. The van der Waals surface area contributed by atoms with Gasteiger partial charge in [0.15, 0.2) is 0 Å². The summed E-state index contributed by atoms with van der Waals surface area (Å²) in [5.74, 6) is 0.0816. The lowest BCUT2D eigenvalue weighted by atomic mass is 9.99. The minimum atomic E-state index is -0.739. The summed E-state index contributed by atoms with van der Waals surface area (Å²) in [4.78, 5) is 31.7. The van der Waals surface area contributed by atoms with Crippen LogP contribution in [0.25, 0.3) is 21.3 Å². The van der Waals surface area contributed by atoms with E-state index in [1.54, 1.807) is 18.2 Å². The van der Waals surface area contributed by atoms with Gasteiger partial charge < -0.3 is 5.32 Å². The second-order valence-electron chi connectivity index (χ2n) is 8.10. The Morgan fingerprint density at radius 1 is 1.15 bits per heavy atom. The van der Waals surface area contributed by atoms with Gasteiger partial charge in [-0.05, 0) is 41.7 Å². The lowest BCUT2D eigenvalue weighted by molar-refractivity contribution is -0.119. The lowest BCUT2D eigenvalue weighted by Gasteiger charge is -2.18. The van der Waals surface area contributed by atoms with Crippen molar-refractivity contribution in [3.8, 4) is 11.1 Å². The van der Waals surface area contributed by atoms with Crippen molar-refractivity contribution < 1.29 is 4.79 Å². The highest BCUT2D eigenvalue weighted by atomic mass is 35.5. The normalized spacial score (nSPS) is 12.3. The summed E-state index contributed by atoms with van der Waals surface area (Å²) in [6.45, 7) is 6.14. The fourth-order valence-corrected chi connectivity index (χ4v) is 5.11. The van der Waals surface area contributed by atoms with Gasteiger partial charge in [0.2, 0.25) is 5.91 Å².